The van der Waals surface area contributed by atoms with Crippen LogP contribution in [0.4, 0.5) is 5.95 Å². The van der Waals surface area contributed by atoms with Crippen LogP contribution < -0.4 is 14.8 Å². The van der Waals surface area contributed by atoms with Crippen LogP contribution in [0.15, 0.2) is 36.4 Å². The Bertz CT molecular complexity index is 911. The molecule has 0 atom stereocenters. The van der Waals surface area contributed by atoms with Crippen molar-refractivity contribution in [3.8, 4) is 11.5 Å². The third-order valence-electron chi connectivity index (χ3n) is 4.21. The first kappa shape index (κ1) is 19.9. The number of tetrazole rings is 1. The van der Waals surface area contributed by atoms with Crippen LogP contribution >= 0.6 is 11.6 Å². The number of methoxy groups -OCH3 is 1. The lowest BCUT2D eigenvalue weighted by Crippen LogP contribution is -2.09. The van der Waals surface area contributed by atoms with Crippen molar-refractivity contribution >= 4 is 17.5 Å². The zero-order chi connectivity index (χ0) is 19.9. The van der Waals surface area contributed by atoms with Crippen LogP contribution in [0.3, 0.4) is 0 Å². The highest BCUT2D eigenvalue weighted by Crippen LogP contribution is 2.37. The van der Waals surface area contributed by atoms with Crippen LogP contribution in [0.5, 0.6) is 11.5 Å². The van der Waals surface area contributed by atoms with Crippen molar-refractivity contribution in [1.82, 2.24) is 20.2 Å². The summed E-state index contributed by atoms with van der Waals surface area (Å²) in [7, 11) is 1.60. The van der Waals surface area contributed by atoms with E-state index in [2.05, 4.69) is 46.8 Å². The second-order valence-corrected chi connectivity index (χ2v) is 6.87. The van der Waals surface area contributed by atoms with E-state index in [-0.39, 0.29) is 0 Å². The van der Waals surface area contributed by atoms with E-state index in [1.165, 1.54) is 5.56 Å². The molecule has 0 unspecified atom stereocenters. The molecule has 0 saturated heterocycles. The summed E-state index contributed by atoms with van der Waals surface area (Å²) in [6.07, 6.45) is 0.951. The van der Waals surface area contributed by atoms with Crippen LogP contribution in [-0.2, 0) is 19.7 Å². The summed E-state index contributed by atoms with van der Waals surface area (Å²) in [5.41, 5.74) is 3.22. The van der Waals surface area contributed by atoms with Gasteiger partial charge in [0, 0.05) is 13.1 Å². The number of nitrogens with zero attached hydrogens (tertiary/aromatic N) is 4. The first-order chi connectivity index (χ1) is 13.6. The molecule has 148 valence electrons. The summed E-state index contributed by atoms with van der Waals surface area (Å²) in [6, 6.07) is 11.9. The van der Waals surface area contributed by atoms with Gasteiger partial charge in [0.1, 0.15) is 6.61 Å². The molecule has 8 heteroatoms. The Labute approximate surface area is 169 Å². The zero-order valence-corrected chi connectivity index (χ0v) is 17.0. The monoisotopic (exact) mass is 401 g/mol. The number of ether oxygens (including phenoxy) is 2. The predicted octanol–water partition coefficient (Wildman–Crippen LogP) is 4.24. The fraction of sp³-hybridized carbons (Fsp3) is 0.350. The van der Waals surface area contributed by atoms with Crippen LogP contribution in [-0.4, -0.2) is 27.3 Å². The maximum atomic E-state index is 6.47. The normalized spacial score (nSPS) is 10.7. The SMILES string of the molecule is CCCn1nnnc1NCc1cc(Cl)c(OCc2ccc(C)cc2)c(OC)c1. The molecule has 0 amide bonds. The summed E-state index contributed by atoms with van der Waals surface area (Å²) in [4.78, 5) is 0. The van der Waals surface area contributed by atoms with Crippen molar-refractivity contribution in [3.05, 3.63) is 58.1 Å². The van der Waals surface area contributed by atoms with Gasteiger partial charge in [0.05, 0.1) is 12.1 Å². The Balaban J connectivity index is 1.70. The highest BCUT2D eigenvalue weighted by atomic mass is 35.5. The van der Waals surface area contributed by atoms with Gasteiger partial charge in [-0.25, -0.2) is 4.68 Å². The maximum Gasteiger partial charge on any atom is 0.243 e. The van der Waals surface area contributed by atoms with Crippen molar-refractivity contribution in [3.63, 3.8) is 0 Å². The van der Waals surface area contributed by atoms with E-state index in [0.29, 0.717) is 35.6 Å². The molecule has 1 heterocycles. The van der Waals surface area contributed by atoms with E-state index in [1.807, 2.05) is 24.3 Å². The van der Waals surface area contributed by atoms with Gasteiger partial charge in [-0.15, -0.1) is 0 Å². The number of nitrogens with one attached hydrogen (secondary N) is 1. The highest BCUT2D eigenvalue weighted by Gasteiger charge is 2.13. The minimum Gasteiger partial charge on any atom is -0.493 e. The van der Waals surface area contributed by atoms with Gasteiger partial charge in [-0.2, -0.15) is 0 Å². The van der Waals surface area contributed by atoms with Crippen molar-refractivity contribution in [2.75, 3.05) is 12.4 Å². The molecular formula is C20H24ClN5O2. The first-order valence-electron chi connectivity index (χ1n) is 9.15. The molecule has 1 aromatic heterocycles. The molecule has 0 aliphatic rings. The Hall–Kier alpha value is -2.80. The third-order valence-corrected chi connectivity index (χ3v) is 4.49. The molecule has 28 heavy (non-hydrogen) atoms. The molecule has 0 radical (unpaired) electrons. The molecule has 2 aromatic carbocycles. The van der Waals surface area contributed by atoms with E-state index in [0.717, 1.165) is 24.1 Å². The fourth-order valence-electron chi connectivity index (χ4n) is 2.73. The standard InChI is InChI=1S/C20H24ClN5O2/c1-4-9-26-20(23-24-25-26)22-12-16-10-17(21)19(18(11-16)27-3)28-13-15-7-5-14(2)6-8-15/h5-8,10-11H,4,9,12-13H2,1-3H3,(H,22,23,25). The van der Waals surface area contributed by atoms with Crippen molar-refractivity contribution in [1.29, 1.82) is 0 Å². The van der Waals surface area contributed by atoms with Gasteiger partial charge in [0.25, 0.3) is 0 Å². The molecular weight excluding hydrogens is 378 g/mol. The third kappa shape index (κ3) is 4.92. The van der Waals surface area contributed by atoms with E-state index in [1.54, 1.807) is 11.8 Å². The van der Waals surface area contributed by atoms with Crippen LogP contribution in [0, 0.1) is 6.92 Å². The first-order valence-corrected chi connectivity index (χ1v) is 9.53. The number of aromatic nitrogens is 4. The Morgan fingerprint density at radius 3 is 2.64 bits per heavy atom. The molecule has 0 fully saturated rings. The van der Waals surface area contributed by atoms with Gasteiger partial charge in [-0.3, -0.25) is 0 Å². The van der Waals surface area contributed by atoms with E-state index in [4.69, 9.17) is 21.1 Å². The summed E-state index contributed by atoms with van der Waals surface area (Å²) in [5.74, 6) is 1.74. The van der Waals surface area contributed by atoms with Crippen molar-refractivity contribution < 1.29 is 9.47 Å². The fourth-order valence-corrected chi connectivity index (χ4v) is 3.02. The predicted molar refractivity (Wildman–Crippen MR) is 109 cm³/mol. The molecule has 0 bridgehead atoms. The topological polar surface area (TPSA) is 74.1 Å². The number of hydrogen-bond acceptors (Lipinski definition) is 6. The molecule has 3 rings (SSSR count). The summed E-state index contributed by atoms with van der Waals surface area (Å²) >= 11 is 6.47. The Kier molecular flexibility index (Phi) is 6.71. The molecule has 7 nitrogen and oxygen atoms in total. The number of anilines is 1. The average Bonchev–Trinajstić information content (AvgIpc) is 3.14. The maximum absolute atomic E-state index is 6.47. The van der Waals surface area contributed by atoms with E-state index < -0.39 is 0 Å². The Morgan fingerprint density at radius 2 is 1.93 bits per heavy atom. The highest BCUT2D eigenvalue weighted by molar-refractivity contribution is 6.32. The molecule has 0 spiro atoms. The molecule has 0 saturated carbocycles. The summed E-state index contributed by atoms with van der Waals surface area (Å²) < 4.78 is 13.2. The average molecular weight is 402 g/mol. The second kappa shape index (κ2) is 9.41. The second-order valence-electron chi connectivity index (χ2n) is 6.46. The van der Waals surface area contributed by atoms with Crippen LogP contribution in [0.1, 0.15) is 30.0 Å². The lowest BCUT2D eigenvalue weighted by Gasteiger charge is -2.15. The molecule has 0 aliphatic carbocycles. The largest absolute Gasteiger partial charge is 0.493 e. The van der Waals surface area contributed by atoms with Crippen LogP contribution in [0.25, 0.3) is 0 Å². The van der Waals surface area contributed by atoms with Gasteiger partial charge >= 0.3 is 0 Å². The molecule has 3 aromatic rings. The van der Waals surface area contributed by atoms with Gasteiger partial charge in [-0.1, -0.05) is 53.5 Å². The number of rotatable bonds is 9. The minimum absolute atomic E-state index is 0.416. The number of aryl methyl sites for hydroxylation is 2. The summed E-state index contributed by atoms with van der Waals surface area (Å²) in [5, 5.41) is 15.4. The van der Waals surface area contributed by atoms with Gasteiger partial charge in [0.2, 0.25) is 5.95 Å². The number of benzene rings is 2. The van der Waals surface area contributed by atoms with Crippen molar-refractivity contribution in [2.45, 2.75) is 40.0 Å². The smallest absolute Gasteiger partial charge is 0.243 e. The lowest BCUT2D eigenvalue weighted by molar-refractivity contribution is 0.284. The van der Waals surface area contributed by atoms with Gasteiger partial charge in [-0.05, 0) is 47.0 Å². The Morgan fingerprint density at radius 1 is 1.14 bits per heavy atom. The minimum atomic E-state index is 0.416. The van der Waals surface area contributed by atoms with Crippen LogP contribution in [0.2, 0.25) is 5.02 Å². The quantitative estimate of drug-likeness (QED) is 0.578. The van der Waals surface area contributed by atoms with E-state index >= 15 is 0 Å². The number of halogens is 1. The summed E-state index contributed by atoms with van der Waals surface area (Å²) in [6.45, 7) is 5.81. The zero-order valence-electron chi connectivity index (χ0n) is 16.3. The van der Waals surface area contributed by atoms with Gasteiger partial charge in [0.15, 0.2) is 11.5 Å². The van der Waals surface area contributed by atoms with Gasteiger partial charge < -0.3 is 14.8 Å². The lowest BCUT2D eigenvalue weighted by atomic mass is 10.1. The number of hydrogen-bond donors (Lipinski definition) is 1. The molecule has 0 aliphatic heterocycles. The van der Waals surface area contributed by atoms with Crippen molar-refractivity contribution in [2.24, 2.45) is 0 Å². The van der Waals surface area contributed by atoms with E-state index in [9.17, 15) is 0 Å². The molecule has 1 N–H and O–H groups in total.